The quantitative estimate of drug-likeness (QED) is 0.444. The van der Waals surface area contributed by atoms with Crippen molar-refractivity contribution in [2.45, 2.75) is 19.3 Å². The second-order valence-corrected chi connectivity index (χ2v) is 7.13. The van der Waals surface area contributed by atoms with Gasteiger partial charge in [0.2, 0.25) is 0 Å². The second-order valence-electron chi connectivity index (χ2n) is 7.13. The fourth-order valence-electron chi connectivity index (χ4n) is 3.22. The van der Waals surface area contributed by atoms with E-state index in [0.717, 1.165) is 69.4 Å². The van der Waals surface area contributed by atoms with E-state index in [1.807, 2.05) is 36.4 Å². The Morgan fingerprint density at radius 2 is 2.03 bits per heavy atom. The minimum absolute atomic E-state index is 0.0690. The lowest BCUT2D eigenvalue weighted by Crippen LogP contribution is -2.39. The van der Waals surface area contributed by atoms with Crippen molar-refractivity contribution in [3.8, 4) is 0 Å². The number of carbonyl (C=O) groups excluding carboxylic acids is 1. The molecule has 3 N–H and O–H groups in total. The van der Waals surface area contributed by atoms with Gasteiger partial charge in [-0.2, -0.15) is 0 Å². The Balaban J connectivity index is 1.51. The molecule has 2 heterocycles. The van der Waals surface area contributed by atoms with Gasteiger partial charge in [0.1, 0.15) is 5.76 Å². The van der Waals surface area contributed by atoms with E-state index in [1.54, 1.807) is 13.3 Å². The molecule has 1 aliphatic heterocycles. The number of hydrogen-bond donors (Lipinski definition) is 3. The van der Waals surface area contributed by atoms with Crippen molar-refractivity contribution in [1.82, 2.24) is 16.0 Å². The fourth-order valence-corrected chi connectivity index (χ4v) is 3.22. The maximum absolute atomic E-state index is 11.8. The molecule has 7 heteroatoms. The Bertz CT molecular complexity index is 783. The van der Waals surface area contributed by atoms with Crippen LogP contribution in [0.5, 0.6) is 0 Å². The van der Waals surface area contributed by atoms with Crippen LogP contribution >= 0.6 is 0 Å². The molecule has 0 saturated carbocycles. The second kappa shape index (κ2) is 11.3. The normalized spacial score (nSPS) is 16.6. The number of hydrogen-bond acceptors (Lipinski definition) is 4. The molecule has 1 amide bonds. The summed E-state index contributed by atoms with van der Waals surface area (Å²) in [5, 5.41) is 9.44. The van der Waals surface area contributed by atoms with Gasteiger partial charge in [-0.1, -0.05) is 12.1 Å². The number of furan rings is 1. The number of rotatable bonds is 9. The third-order valence-electron chi connectivity index (χ3n) is 4.90. The first-order valence-corrected chi connectivity index (χ1v) is 10.2. The van der Waals surface area contributed by atoms with Crippen LogP contribution in [0.2, 0.25) is 0 Å². The lowest BCUT2D eigenvalue weighted by atomic mass is 10.1. The monoisotopic (exact) mass is 398 g/mol. The van der Waals surface area contributed by atoms with Gasteiger partial charge in [-0.3, -0.25) is 9.79 Å². The van der Waals surface area contributed by atoms with Crippen LogP contribution in [0.25, 0.3) is 0 Å². The highest BCUT2D eigenvalue weighted by molar-refractivity contribution is 5.94. The molecule has 0 spiro atoms. The third kappa shape index (κ3) is 6.94. The number of ether oxygens (including phenoxy) is 1. The van der Waals surface area contributed by atoms with Gasteiger partial charge in [-0.25, -0.2) is 0 Å². The number of guanidine groups is 1. The smallest absolute Gasteiger partial charge is 0.251 e. The maximum atomic E-state index is 11.8. The van der Waals surface area contributed by atoms with Crippen LogP contribution in [-0.2, 0) is 17.6 Å². The Morgan fingerprint density at radius 1 is 1.17 bits per heavy atom. The average molecular weight is 399 g/mol. The van der Waals surface area contributed by atoms with Crippen molar-refractivity contribution in [1.29, 1.82) is 0 Å². The highest BCUT2D eigenvalue weighted by Crippen LogP contribution is 2.12. The molecule has 1 aliphatic rings. The number of nitrogens with zero attached hydrogens (tertiary/aromatic N) is 1. The van der Waals surface area contributed by atoms with Gasteiger partial charge in [0.15, 0.2) is 5.96 Å². The van der Waals surface area contributed by atoms with Crippen molar-refractivity contribution < 1.29 is 13.9 Å². The summed E-state index contributed by atoms with van der Waals surface area (Å²) in [7, 11) is 1.64. The zero-order chi connectivity index (χ0) is 20.3. The molecule has 1 aromatic heterocycles. The van der Waals surface area contributed by atoms with Crippen LogP contribution in [0.15, 0.2) is 52.1 Å². The summed E-state index contributed by atoms with van der Waals surface area (Å²) in [6.07, 6.45) is 4.36. The van der Waals surface area contributed by atoms with E-state index in [1.165, 1.54) is 0 Å². The lowest BCUT2D eigenvalue weighted by molar-refractivity contribution is 0.0963. The summed E-state index contributed by atoms with van der Waals surface area (Å²) in [5.41, 5.74) is 1.79. The topological polar surface area (TPSA) is 87.9 Å². The largest absolute Gasteiger partial charge is 0.469 e. The van der Waals surface area contributed by atoms with E-state index in [2.05, 4.69) is 16.0 Å². The van der Waals surface area contributed by atoms with Gasteiger partial charge < -0.3 is 25.1 Å². The maximum Gasteiger partial charge on any atom is 0.251 e. The van der Waals surface area contributed by atoms with Crippen molar-refractivity contribution in [2.75, 3.05) is 39.9 Å². The molecule has 2 aromatic rings. The van der Waals surface area contributed by atoms with Crippen LogP contribution in [0, 0.1) is 5.92 Å². The number of benzene rings is 1. The van der Waals surface area contributed by atoms with Gasteiger partial charge in [-0.05, 0) is 42.7 Å². The summed E-state index contributed by atoms with van der Waals surface area (Å²) >= 11 is 0. The summed E-state index contributed by atoms with van der Waals surface area (Å²) in [6.45, 7) is 3.84. The van der Waals surface area contributed by atoms with Crippen LogP contribution < -0.4 is 16.0 Å². The van der Waals surface area contributed by atoms with Gasteiger partial charge >= 0.3 is 0 Å². The molecule has 0 bridgehead atoms. The van der Waals surface area contributed by atoms with E-state index >= 15 is 0 Å². The molecule has 7 nitrogen and oxygen atoms in total. The molecule has 1 aromatic carbocycles. The third-order valence-corrected chi connectivity index (χ3v) is 4.90. The van der Waals surface area contributed by atoms with Gasteiger partial charge in [0.05, 0.1) is 12.9 Å². The highest BCUT2D eigenvalue weighted by atomic mass is 16.5. The standard InChI is InChI=1S/C22H30N4O3/c1-23-21(27)19-5-2-4-17(14-19)7-10-24-22(26-15-18-9-13-28-16-18)25-11-8-20-6-3-12-29-20/h2-6,12,14,18H,7-11,13,15-16H2,1H3,(H,23,27)(H2,24,25,26). The number of aliphatic imine (C=N–C) groups is 1. The molecular weight excluding hydrogens is 368 g/mol. The number of carbonyl (C=O) groups is 1. The van der Waals surface area contributed by atoms with E-state index in [4.69, 9.17) is 14.1 Å². The first-order chi connectivity index (χ1) is 14.2. The molecule has 1 atom stereocenters. The average Bonchev–Trinajstić information content (AvgIpc) is 3.45. The van der Waals surface area contributed by atoms with Crippen LogP contribution in [0.4, 0.5) is 0 Å². The van der Waals surface area contributed by atoms with Crippen LogP contribution in [-0.4, -0.2) is 51.8 Å². The first kappa shape index (κ1) is 20.9. The van der Waals surface area contributed by atoms with Gasteiger partial charge in [0, 0.05) is 51.2 Å². The van der Waals surface area contributed by atoms with Crippen LogP contribution in [0.3, 0.4) is 0 Å². The van der Waals surface area contributed by atoms with Gasteiger partial charge in [-0.15, -0.1) is 0 Å². The zero-order valence-electron chi connectivity index (χ0n) is 16.9. The van der Waals surface area contributed by atoms with Crippen molar-refractivity contribution in [3.05, 3.63) is 59.5 Å². The van der Waals surface area contributed by atoms with E-state index in [0.29, 0.717) is 11.5 Å². The molecule has 3 rings (SSSR count). The van der Waals surface area contributed by atoms with Crippen molar-refractivity contribution in [2.24, 2.45) is 10.9 Å². The molecule has 156 valence electrons. The molecular formula is C22H30N4O3. The summed E-state index contributed by atoms with van der Waals surface area (Å²) in [5.74, 6) is 2.17. The fraction of sp³-hybridized carbons (Fsp3) is 0.455. The Kier molecular flexibility index (Phi) is 8.12. The number of amides is 1. The first-order valence-electron chi connectivity index (χ1n) is 10.2. The predicted octanol–water partition coefficient (Wildman–Crippen LogP) is 2.00. The van der Waals surface area contributed by atoms with E-state index in [9.17, 15) is 4.79 Å². The number of nitrogens with one attached hydrogen (secondary N) is 3. The Hall–Kier alpha value is -2.80. The summed E-state index contributed by atoms with van der Waals surface area (Å²) < 4.78 is 10.8. The molecule has 1 saturated heterocycles. The Morgan fingerprint density at radius 3 is 2.76 bits per heavy atom. The van der Waals surface area contributed by atoms with Crippen molar-refractivity contribution >= 4 is 11.9 Å². The molecule has 1 fully saturated rings. The minimum Gasteiger partial charge on any atom is -0.469 e. The predicted molar refractivity (Wildman–Crippen MR) is 113 cm³/mol. The van der Waals surface area contributed by atoms with E-state index in [-0.39, 0.29) is 5.91 Å². The SMILES string of the molecule is CNC(=O)c1cccc(CCNC(=NCC2CCOC2)NCCc2ccco2)c1. The molecule has 0 aliphatic carbocycles. The summed E-state index contributed by atoms with van der Waals surface area (Å²) in [6, 6.07) is 11.6. The van der Waals surface area contributed by atoms with Crippen molar-refractivity contribution in [3.63, 3.8) is 0 Å². The molecule has 1 unspecified atom stereocenters. The van der Waals surface area contributed by atoms with Gasteiger partial charge in [0.25, 0.3) is 5.91 Å². The zero-order valence-corrected chi connectivity index (χ0v) is 16.9. The molecule has 0 radical (unpaired) electrons. The minimum atomic E-state index is -0.0690. The summed E-state index contributed by atoms with van der Waals surface area (Å²) in [4.78, 5) is 16.5. The molecule has 29 heavy (non-hydrogen) atoms. The van der Waals surface area contributed by atoms with Crippen LogP contribution in [0.1, 0.15) is 28.1 Å². The van der Waals surface area contributed by atoms with E-state index < -0.39 is 0 Å². The lowest BCUT2D eigenvalue weighted by Gasteiger charge is -2.14. The highest BCUT2D eigenvalue weighted by Gasteiger charge is 2.15. The Labute approximate surface area is 171 Å².